The normalized spacial score (nSPS) is 25.2. The minimum Gasteiger partial charge on any atom is -0.384 e. The number of carbonyl (C=O) groups excluding carboxylic acids is 1. The Labute approximate surface area is 119 Å². The summed E-state index contributed by atoms with van der Waals surface area (Å²) < 4.78 is 5.77. The predicted molar refractivity (Wildman–Crippen MR) is 76.5 cm³/mol. The number of nitrogens with zero attached hydrogens (tertiary/aromatic N) is 2. The summed E-state index contributed by atoms with van der Waals surface area (Å²) in [4.78, 5) is 18.8. The molecule has 2 atom stereocenters. The van der Waals surface area contributed by atoms with E-state index in [4.69, 9.17) is 10.5 Å². The standard InChI is InChI=1S/C15H21N3O2/c1-9(2)13-5-10(6-14(16)17-13)15(19)18-7-11-3-4-12(8-18)20-11/h5-6,9,11-12H,3-4,7-8H2,1-2H3,(H2,16,17). The third-order valence-electron chi connectivity index (χ3n) is 4.03. The topological polar surface area (TPSA) is 68.5 Å². The number of aromatic nitrogens is 1. The van der Waals surface area contributed by atoms with E-state index in [-0.39, 0.29) is 24.0 Å². The highest BCUT2D eigenvalue weighted by Crippen LogP contribution is 2.27. The van der Waals surface area contributed by atoms with Crippen LogP contribution in [-0.4, -0.2) is 41.1 Å². The van der Waals surface area contributed by atoms with Crippen LogP contribution in [0.1, 0.15) is 48.7 Å². The molecule has 0 aliphatic carbocycles. The van der Waals surface area contributed by atoms with Crippen LogP contribution in [0.2, 0.25) is 0 Å². The average molecular weight is 275 g/mol. The maximum absolute atomic E-state index is 12.6. The van der Waals surface area contributed by atoms with Crippen LogP contribution in [0.5, 0.6) is 0 Å². The number of fused-ring (bicyclic) bond motifs is 2. The van der Waals surface area contributed by atoms with E-state index in [2.05, 4.69) is 4.98 Å². The number of pyridine rings is 1. The zero-order chi connectivity index (χ0) is 14.3. The highest BCUT2D eigenvalue weighted by Gasteiger charge is 2.36. The molecule has 20 heavy (non-hydrogen) atoms. The Morgan fingerprint density at radius 1 is 1.35 bits per heavy atom. The summed E-state index contributed by atoms with van der Waals surface area (Å²) in [5.41, 5.74) is 7.33. The van der Waals surface area contributed by atoms with Gasteiger partial charge in [-0.05, 0) is 30.9 Å². The van der Waals surface area contributed by atoms with Gasteiger partial charge in [-0.2, -0.15) is 0 Å². The van der Waals surface area contributed by atoms with Gasteiger partial charge in [0, 0.05) is 24.3 Å². The Balaban J connectivity index is 1.83. The Morgan fingerprint density at radius 3 is 2.60 bits per heavy atom. The number of likely N-dealkylation sites (tertiary alicyclic amines) is 1. The van der Waals surface area contributed by atoms with Gasteiger partial charge in [-0.25, -0.2) is 4.98 Å². The number of rotatable bonds is 2. The zero-order valence-electron chi connectivity index (χ0n) is 12.0. The van der Waals surface area contributed by atoms with Crippen molar-refractivity contribution in [3.8, 4) is 0 Å². The van der Waals surface area contributed by atoms with Crippen LogP contribution in [0, 0.1) is 0 Å². The van der Waals surface area contributed by atoms with Crippen LogP contribution < -0.4 is 5.73 Å². The molecule has 3 heterocycles. The van der Waals surface area contributed by atoms with E-state index < -0.39 is 0 Å². The van der Waals surface area contributed by atoms with Crippen molar-refractivity contribution < 1.29 is 9.53 Å². The van der Waals surface area contributed by atoms with E-state index in [1.54, 1.807) is 6.07 Å². The highest BCUT2D eigenvalue weighted by atomic mass is 16.5. The van der Waals surface area contributed by atoms with Crippen LogP contribution in [0.15, 0.2) is 12.1 Å². The van der Waals surface area contributed by atoms with Crippen LogP contribution in [0.4, 0.5) is 5.82 Å². The molecule has 2 aliphatic rings. The van der Waals surface area contributed by atoms with Crippen molar-refractivity contribution in [1.29, 1.82) is 0 Å². The molecule has 0 spiro atoms. The second-order valence-corrected chi connectivity index (χ2v) is 6.03. The van der Waals surface area contributed by atoms with Crippen molar-refractivity contribution in [3.63, 3.8) is 0 Å². The molecule has 2 N–H and O–H groups in total. The molecule has 1 amide bonds. The summed E-state index contributed by atoms with van der Waals surface area (Å²) in [6.07, 6.45) is 2.54. The van der Waals surface area contributed by atoms with Crippen molar-refractivity contribution in [1.82, 2.24) is 9.88 Å². The fourth-order valence-electron chi connectivity index (χ4n) is 2.96. The fourth-order valence-corrected chi connectivity index (χ4v) is 2.96. The molecule has 5 nitrogen and oxygen atoms in total. The first kappa shape index (κ1) is 13.4. The summed E-state index contributed by atoms with van der Waals surface area (Å²) in [7, 11) is 0. The van der Waals surface area contributed by atoms with E-state index in [9.17, 15) is 4.79 Å². The molecule has 2 fully saturated rings. The van der Waals surface area contributed by atoms with Gasteiger partial charge in [0.15, 0.2) is 0 Å². The van der Waals surface area contributed by atoms with Crippen molar-refractivity contribution in [2.75, 3.05) is 18.8 Å². The second kappa shape index (κ2) is 5.05. The lowest BCUT2D eigenvalue weighted by Gasteiger charge is -2.32. The first-order valence-corrected chi connectivity index (χ1v) is 7.25. The van der Waals surface area contributed by atoms with E-state index in [0.29, 0.717) is 24.5 Å². The zero-order valence-corrected chi connectivity index (χ0v) is 12.0. The Kier molecular flexibility index (Phi) is 3.38. The Morgan fingerprint density at radius 2 is 2.00 bits per heavy atom. The van der Waals surface area contributed by atoms with Crippen molar-refractivity contribution >= 4 is 11.7 Å². The van der Waals surface area contributed by atoms with Crippen LogP contribution in [0.3, 0.4) is 0 Å². The van der Waals surface area contributed by atoms with Gasteiger partial charge in [-0.15, -0.1) is 0 Å². The Bertz CT molecular complexity index is 518. The van der Waals surface area contributed by atoms with Crippen LogP contribution in [-0.2, 0) is 4.74 Å². The van der Waals surface area contributed by atoms with E-state index in [0.717, 1.165) is 18.5 Å². The van der Waals surface area contributed by atoms with E-state index in [1.165, 1.54) is 0 Å². The molecule has 2 saturated heterocycles. The van der Waals surface area contributed by atoms with Gasteiger partial charge in [0.2, 0.25) is 0 Å². The summed E-state index contributed by atoms with van der Waals surface area (Å²) in [5.74, 6) is 0.711. The maximum Gasteiger partial charge on any atom is 0.254 e. The Hall–Kier alpha value is -1.62. The molecule has 1 aromatic rings. The summed E-state index contributed by atoms with van der Waals surface area (Å²) in [6, 6.07) is 3.53. The molecule has 0 radical (unpaired) electrons. The lowest BCUT2D eigenvalue weighted by Crippen LogP contribution is -2.45. The smallest absolute Gasteiger partial charge is 0.254 e. The predicted octanol–water partition coefficient (Wildman–Crippen LogP) is 1.79. The monoisotopic (exact) mass is 275 g/mol. The van der Waals surface area contributed by atoms with Crippen molar-refractivity contribution in [2.24, 2.45) is 0 Å². The number of nitrogens with two attached hydrogens (primary N) is 1. The number of anilines is 1. The van der Waals surface area contributed by atoms with Crippen LogP contribution in [0.25, 0.3) is 0 Å². The number of ether oxygens (including phenoxy) is 1. The molecule has 2 bridgehead atoms. The molecule has 3 rings (SSSR count). The lowest BCUT2D eigenvalue weighted by atomic mass is 10.1. The van der Waals surface area contributed by atoms with Gasteiger partial charge in [-0.1, -0.05) is 13.8 Å². The molecule has 2 aliphatic heterocycles. The second-order valence-electron chi connectivity index (χ2n) is 6.03. The van der Waals surface area contributed by atoms with Gasteiger partial charge in [0.05, 0.1) is 12.2 Å². The van der Waals surface area contributed by atoms with Crippen molar-refractivity contribution in [3.05, 3.63) is 23.4 Å². The molecule has 2 unspecified atom stereocenters. The molecule has 108 valence electrons. The quantitative estimate of drug-likeness (QED) is 0.893. The third-order valence-corrected chi connectivity index (χ3v) is 4.03. The van der Waals surface area contributed by atoms with E-state index >= 15 is 0 Å². The van der Waals surface area contributed by atoms with Gasteiger partial charge < -0.3 is 15.4 Å². The average Bonchev–Trinajstić information content (AvgIpc) is 2.75. The molecule has 1 aromatic heterocycles. The minimum absolute atomic E-state index is 0.0428. The number of carbonyl (C=O) groups is 1. The first-order chi connectivity index (χ1) is 9.52. The summed E-state index contributed by atoms with van der Waals surface area (Å²) in [5, 5.41) is 0. The summed E-state index contributed by atoms with van der Waals surface area (Å²) in [6.45, 7) is 5.47. The van der Waals surface area contributed by atoms with Gasteiger partial charge >= 0.3 is 0 Å². The van der Waals surface area contributed by atoms with Gasteiger partial charge in [0.25, 0.3) is 5.91 Å². The number of amides is 1. The number of hydrogen-bond acceptors (Lipinski definition) is 4. The van der Waals surface area contributed by atoms with Gasteiger partial charge in [-0.3, -0.25) is 4.79 Å². The third kappa shape index (κ3) is 2.50. The van der Waals surface area contributed by atoms with Crippen LogP contribution >= 0.6 is 0 Å². The molecular formula is C15H21N3O2. The highest BCUT2D eigenvalue weighted by molar-refractivity contribution is 5.95. The van der Waals surface area contributed by atoms with E-state index in [1.807, 2.05) is 24.8 Å². The fraction of sp³-hybridized carbons (Fsp3) is 0.600. The van der Waals surface area contributed by atoms with Crippen molar-refractivity contribution in [2.45, 2.75) is 44.8 Å². The lowest BCUT2D eigenvalue weighted by molar-refractivity contribution is -0.0303. The largest absolute Gasteiger partial charge is 0.384 e. The summed E-state index contributed by atoms with van der Waals surface area (Å²) >= 11 is 0. The number of nitrogen functional groups attached to an aromatic ring is 1. The van der Waals surface area contributed by atoms with Gasteiger partial charge in [0.1, 0.15) is 5.82 Å². The number of morpholine rings is 1. The first-order valence-electron chi connectivity index (χ1n) is 7.25. The molecule has 0 saturated carbocycles. The maximum atomic E-state index is 12.6. The molecule has 0 aromatic carbocycles. The SMILES string of the molecule is CC(C)c1cc(C(=O)N2CC3CCC(C2)O3)cc(N)n1. The molecule has 5 heteroatoms. The number of hydrogen-bond donors (Lipinski definition) is 1. The molecular weight excluding hydrogens is 254 g/mol. The minimum atomic E-state index is 0.0428.